The first-order valence-electron chi connectivity index (χ1n) is 8.20. The van der Waals surface area contributed by atoms with Gasteiger partial charge in [0.25, 0.3) is 0 Å². The highest BCUT2D eigenvalue weighted by molar-refractivity contribution is 9.10. The van der Waals surface area contributed by atoms with Crippen LogP contribution in [0.4, 0.5) is 10.1 Å². The fourth-order valence-electron chi connectivity index (χ4n) is 2.55. The molecule has 1 N–H and O–H groups in total. The van der Waals surface area contributed by atoms with Crippen molar-refractivity contribution >= 4 is 38.9 Å². The van der Waals surface area contributed by atoms with Gasteiger partial charge in [-0.25, -0.2) is 4.39 Å². The van der Waals surface area contributed by atoms with Gasteiger partial charge in [-0.15, -0.1) is 0 Å². The summed E-state index contributed by atoms with van der Waals surface area (Å²) in [6, 6.07) is 24.5. The number of halogens is 2. The molecule has 0 aliphatic carbocycles. The van der Waals surface area contributed by atoms with Crippen LogP contribution in [-0.4, -0.2) is 10.0 Å². The maximum Gasteiger partial charge on any atom is 0.174 e. The monoisotopic (exact) mass is 428 g/mol. The molecule has 0 fully saturated rings. The maximum absolute atomic E-state index is 13.2. The highest BCUT2D eigenvalue weighted by Crippen LogP contribution is 2.17. The molecule has 0 saturated carbocycles. The first kappa shape index (κ1) is 18.5. The van der Waals surface area contributed by atoms with E-state index in [4.69, 9.17) is 12.2 Å². The van der Waals surface area contributed by atoms with E-state index < -0.39 is 0 Å². The normalized spacial score (nSPS) is 10.4. The lowest BCUT2D eigenvalue weighted by atomic mass is 10.1. The summed E-state index contributed by atoms with van der Waals surface area (Å²) in [5, 5.41) is 3.91. The largest absolute Gasteiger partial charge is 0.340 e. The minimum absolute atomic E-state index is 0.237. The highest BCUT2D eigenvalue weighted by atomic mass is 79.9. The first-order chi connectivity index (χ1) is 12.6. The summed E-state index contributed by atoms with van der Waals surface area (Å²) in [6.45, 7) is 1.26. The number of anilines is 1. The van der Waals surface area contributed by atoms with Gasteiger partial charge in [0.1, 0.15) is 5.82 Å². The summed E-state index contributed by atoms with van der Waals surface area (Å²) in [5.74, 6) is -0.237. The van der Waals surface area contributed by atoms with Gasteiger partial charge in [-0.3, -0.25) is 0 Å². The van der Waals surface area contributed by atoms with Crippen LogP contribution in [0.3, 0.4) is 0 Å². The van der Waals surface area contributed by atoms with Crippen LogP contribution >= 0.6 is 28.1 Å². The van der Waals surface area contributed by atoms with E-state index in [1.807, 2.05) is 42.5 Å². The SMILES string of the molecule is Fc1ccc(CN(Cc2ccccc2)C(=S)Nc2ccc(Br)cc2)cc1. The minimum atomic E-state index is -0.237. The molecule has 3 aromatic rings. The zero-order valence-electron chi connectivity index (χ0n) is 14.0. The van der Waals surface area contributed by atoms with E-state index in [1.165, 1.54) is 12.1 Å². The molecule has 132 valence electrons. The van der Waals surface area contributed by atoms with Gasteiger partial charge in [-0.1, -0.05) is 58.4 Å². The van der Waals surface area contributed by atoms with Gasteiger partial charge < -0.3 is 10.2 Å². The number of benzene rings is 3. The van der Waals surface area contributed by atoms with Crippen molar-refractivity contribution in [2.24, 2.45) is 0 Å². The molecule has 5 heteroatoms. The van der Waals surface area contributed by atoms with E-state index >= 15 is 0 Å². The Kier molecular flexibility index (Phi) is 6.36. The summed E-state index contributed by atoms with van der Waals surface area (Å²) in [5.41, 5.74) is 3.09. The lowest BCUT2D eigenvalue weighted by Crippen LogP contribution is -2.33. The van der Waals surface area contributed by atoms with Gasteiger partial charge in [0, 0.05) is 23.2 Å². The average Bonchev–Trinajstić information content (AvgIpc) is 2.65. The summed E-state index contributed by atoms with van der Waals surface area (Å²) in [4.78, 5) is 2.07. The number of hydrogen-bond donors (Lipinski definition) is 1. The van der Waals surface area contributed by atoms with E-state index in [2.05, 4.69) is 38.3 Å². The predicted octanol–water partition coefficient (Wildman–Crippen LogP) is 5.99. The summed E-state index contributed by atoms with van der Waals surface area (Å²) in [7, 11) is 0. The van der Waals surface area contributed by atoms with Crippen molar-refractivity contribution in [2.45, 2.75) is 13.1 Å². The molecule has 0 aromatic heterocycles. The third kappa shape index (κ3) is 5.38. The summed E-state index contributed by atoms with van der Waals surface area (Å²) >= 11 is 9.08. The van der Waals surface area contributed by atoms with E-state index in [9.17, 15) is 4.39 Å². The van der Waals surface area contributed by atoms with Gasteiger partial charge in [-0.05, 0) is 59.7 Å². The van der Waals surface area contributed by atoms with Crippen LogP contribution in [0, 0.1) is 5.82 Å². The number of nitrogens with zero attached hydrogens (tertiary/aromatic N) is 1. The van der Waals surface area contributed by atoms with Crippen molar-refractivity contribution in [3.63, 3.8) is 0 Å². The Balaban J connectivity index is 1.77. The number of rotatable bonds is 5. The second kappa shape index (κ2) is 8.92. The molecule has 3 rings (SSSR count). The fourth-order valence-corrected chi connectivity index (χ4v) is 3.06. The van der Waals surface area contributed by atoms with Crippen molar-refractivity contribution < 1.29 is 4.39 Å². The van der Waals surface area contributed by atoms with E-state index in [0.29, 0.717) is 18.2 Å². The second-order valence-corrected chi connectivity index (χ2v) is 7.21. The lowest BCUT2D eigenvalue weighted by molar-refractivity contribution is 0.412. The Hall–Kier alpha value is -2.24. The Bertz CT molecular complexity index is 851. The molecule has 0 radical (unpaired) electrons. The van der Waals surface area contributed by atoms with Gasteiger partial charge in [0.2, 0.25) is 0 Å². The van der Waals surface area contributed by atoms with Gasteiger partial charge in [0.15, 0.2) is 5.11 Å². The Labute approximate surface area is 166 Å². The van der Waals surface area contributed by atoms with Crippen LogP contribution in [0.5, 0.6) is 0 Å². The molecular weight excluding hydrogens is 411 g/mol. The molecule has 0 bridgehead atoms. The molecule has 0 atom stereocenters. The molecule has 0 heterocycles. The highest BCUT2D eigenvalue weighted by Gasteiger charge is 2.12. The van der Waals surface area contributed by atoms with E-state index in [0.717, 1.165) is 21.3 Å². The second-order valence-electron chi connectivity index (χ2n) is 5.91. The van der Waals surface area contributed by atoms with Crippen LogP contribution in [0.15, 0.2) is 83.3 Å². The third-order valence-corrected chi connectivity index (χ3v) is 4.77. The van der Waals surface area contributed by atoms with Crippen LogP contribution in [0.1, 0.15) is 11.1 Å². The molecule has 0 spiro atoms. The topological polar surface area (TPSA) is 15.3 Å². The van der Waals surface area contributed by atoms with Crippen molar-refractivity contribution in [3.05, 3.63) is 100 Å². The van der Waals surface area contributed by atoms with E-state index in [1.54, 1.807) is 12.1 Å². The standard InChI is InChI=1S/C21H18BrFN2S/c22-18-8-12-20(13-9-18)24-21(26)25(14-16-4-2-1-3-5-16)15-17-6-10-19(23)11-7-17/h1-13H,14-15H2,(H,24,26). The van der Waals surface area contributed by atoms with Crippen LogP contribution in [-0.2, 0) is 13.1 Å². The molecule has 2 nitrogen and oxygen atoms in total. The molecule has 26 heavy (non-hydrogen) atoms. The molecule has 0 amide bonds. The van der Waals surface area contributed by atoms with E-state index in [-0.39, 0.29) is 5.82 Å². The number of nitrogens with one attached hydrogen (secondary N) is 1. The smallest absolute Gasteiger partial charge is 0.174 e. The Morgan fingerprint density at radius 2 is 1.42 bits per heavy atom. The number of thiocarbonyl (C=S) groups is 1. The van der Waals surface area contributed by atoms with Crippen LogP contribution in [0.2, 0.25) is 0 Å². The molecule has 0 unspecified atom stereocenters. The molecule has 0 aliphatic heterocycles. The Morgan fingerprint density at radius 3 is 2.04 bits per heavy atom. The fraction of sp³-hybridized carbons (Fsp3) is 0.0952. The molecule has 0 saturated heterocycles. The zero-order valence-corrected chi connectivity index (χ0v) is 16.4. The predicted molar refractivity (Wildman–Crippen MR) is 112 cm³/mol. The quantitative estimate of drug-likeness (QED) is 0.502. The minimum Gasteiger partial charge on any atom is -0.340 e. The van der Waals surface area contributed by atoms with Crippen molar-refractivity contribution in [2.75, 3.05) is 5.32 Å². The number of hydrogen-bond acceptors (Lipinski definition) is 1. The van der Waals surface area contributed by atoms with Gasteiger partial charge in [-0.2, -0.15) is 0 Å². The molecular formula is C21H18BrFN2S. The molecule has 0 aliphatic rings. The third-order valence-electron chi connectivity index (χ3n) is 3.89. The van der Waals surface area contributed by atoms with Gasteiger partial charge >= 0.3 is 0 Å². The maximum atomic E-state index is 13.2. The van der Waals surface area contributed by atoms with Crippen LogP contribution in [0.25, 0.3) is 0 Å². The summed E-state index contributed by atoms with van der Waals surface area (Å²) < 4.78 is 14.2. The van der Waals surface area contributed by atoms with Gasteiger partial charge in [0.05, 0.1) is 0 Å². The van der Waals surface area contributed by atoms with Crippen LogP contribution < -0.4 is 5.32 Å². The molecule has 3 aromatic carbocycles. The zero-order chi connectivity index (χ0) is 18.4. The summed E-state index contributed by atoms with van der Waals surface area (Å²) in [6.07, 6.45) is 0. The van der Waals surface area contributed by atoms with Crippen molar-refractivity contribution in [3.8, 4) is 0 Å². The lowest BCUT2D eigenvalue weighted by Gasteiger charge is -2.26. The average molecular weight is 429 g/mol. The first-order valence-corrected chi connectivity index (χ1v) is 9.40. The van der Waals surface area contributed by atoms with Crippen molar-refractivity contribution in [1.82, 2.24) is 4.90 Å². The van der Waals surface area contributed by atoms with Crippen molar-refractivity contribution in [1.29, 1.82) is 0 Å². The Morgan fingerprint density at radius 1 is 0.846 bits per heavy atom.